The summed E-state index contributed by atoms with van der Waals surface area (Å²) in [5.41, 5.74) is 0. The fourth-order valence-corrected chi connectivity index (χ4v) is 0.765. The maximum atomic E-state index is 11.6. The van der Waals surface area contributed by atoms with Gasteiger partial charge in [0.2, 0.25) is 0 Å². The number of rotatable bonds is 4. The van der Waals surface area contributed by atoms with Crippen molar-refractivity contribution in [1.29, 1.82) is 0 Å². The molecule has 0 aromatic carbocycles. The van der Waals surface area contributed by atoms with Crippen LogP contribution in [0.15, 0.2) is 10.6 Å². The van der Waals surface area contributed by atoms with Gasteiger partial charge in [-0.15, -0.1) is 0 Å². The van der Waals surface area contributed by atoms with Crippen LogP contribution in [-0.2, 0) is 6.54 Å². The van der Waals surface area contributed by atoms with Gasteiger partial charge >= 0.3 is 0 Å². The van der Waals surface area contributed by atoms with Crippen LogP contribution >= 0.6 is 0 Å². The Labute approximate surface area is 64.6 Å². The van der Waals surface area contributed by atoms with Crippen molar-refractivity contribution in [2.75, 3.05) is 13.2 Å². The molecule has 0 unspecified atom stereocenters. The Morgan fingerprint density at radius 1 is 1.73 bits per heavy atom. The largest absolute Gasteiger partial charge is 0.445 e. The maximum absolute atomic E-state index is 11.6. The number of nitrogens with one attached hydrogen (secondary N) is 1. The summed E-state index contributed by atoms with van der Waals surface area (Å²) < 4.78 is 16.7. The third-order valence-electron chi connectivity index (χ3n) is 1.24. The van der Waals surface area contributed by atoms with Crippen LogP contribution in [0.2, 0.25) is 0 Å². The van der Waals surface area contributed by atoms with Crippen molar-refractivity contribution in [2.45, 2.75) is 13.5 Å². The molecule has 0 atom stereocenters. The van der Waals surface area contributed by atoms with Crippen LogP contribution in [0, 0.1) is 6.92 Å². The highest BCUT2D eigenvalue weighted by atomic mass is 19.1. The van der Waals surface area contributed by atoms with Crippen LogP contribution in [-0.4, -0.2) is 18.2 Å². The highest BCUT2D eigenvalue weighted by Gasteiger charge is 1.97. The van der Waals surface area contributed by atoms with Gasteiger partial charge in [-0.3, -0.25) is 0 Å². The predicted octanol–water partition coefficient (Wildman–Crippen LogP) is 1.04. The molecule has 0 aliphatic rings. The van der Waals surface area contributed by atoms with Gasteiger partial charge in [0.25, 0.3) is 0 Å². The normalized spacial score (nSPS) is 10.4. The minimum absolute atomic E-state index is 0.354. The summed E-state index contributed by atoms with van der Waals surface area (Å²) in [6, 6.07) is 0. The Bertz CT molecular complexity index is 212. The topological polar surface area (TPSA) is 38.1 Å². The minimum atomic E-state index is -0.354. The van der Waals surface area contributed by atoms with Gasteiger partial charge in [-0.05, 0) is 0 Å². The standard InChI is InChI=1S/C7H11FN2O/c1-6-10-5-7(11-6)4-9-3-2-8/h5,9H,2-4H2,1H3. The van der Waals surface area contributed by atoms with Crippen molar-refractivity contribution in [3.05, 3.63) is 17.8 Å². The Hall–Kier alpha value is -0.900. The number of alkyl halides is 1. The molecule has 0 aliphatic heterocycles. The lowest BCUT2D eigenvalue weighted by Gasteiger charge is -1.95. The summed E-state index contributed by atoms with van der Waals surface area (Å²) in [4.78, 5) is 3.89. The van der Waals surface area contributed by atoms with Crippen molar-refractivity contribution < 1.29 is 8.81 Å². The van der Waals surface area contributed by atoms with Crippen LogP contribution in [0.25, 0.3) is 0 Å². The third kappa shape index (κ3) is 2.67. The second-order valence-electron chi connectivity index (χ2n) is 2.21. The van der Waals surface area contributed by atoms with Crippen LogP contribution in [0.1, 0.15) is 11.7 Å². The van der Waals surface area contributed by atoms with E-state index in [1.807, 2.05) is 0 Å². The zero-order valence-electron chi connectivity index (χ0n) is 6.43. The van der Waals surface area contributed by atoms with E-state index in [1.54, 1.807) is 13.1 Å². The first-order chi connectivity index (χ1) is 5.33. The van der Waals surface area contributed by atoms with E-state index >= 15 is 0 Å². The van der Waals surface area contributed by atoms with E-state index < -0.39 is 0 Å². The lowest BCUT2D eigenvalue weighted by Crippen LogP contribution is -2.15. The number of aromatic nitrogens is 1. The average molecular weight is 158 g/mol. The number of halogens is 1. The molecule has 1 rings (SSSR count). The fourth-order valence-electron chi connectivity index (χ4n) is 0.765. The van der Waals surface area contributed by atoms with Gasteiger partial charge in [0.05, 0.1) is 12.7 Å². The van der Waals surface area contributed by atoms with Crippen molar-refractivity contribution >= 4 is 0 Å². The Kier molecular flexibility index (Phi) is 3.04. The molecular weight excluding hydrogens is 147 g/mol. The van der Waals surface area contributed by atoms with Gasteiger partial charge in [-0.25, -0.2) is 9.37 Å². The Balaban J connectivity index is 2.27. The van der Waals surface area contributed by atoms with E-state index in [4.69, 9.17) is 4.42 Å². The Morgan fingerprint density at radius 3 is 3.09 bits per heavy atom. The van der Waals surface area contributed by atoms with Crippen molar-refractivity contribution in [2.24, 2.45) is 0 Å². The summed E-state index contributed by atoms with van der Waals surface area (Å²) in [6.45, 7) is 2.33. The van der Waals surface area contributed by atoms with Gasteiger partial charge in [0.15, 0.2) is 5.89 Å². The third-order valence-corrected chi connectivity index (χ3v) is 1.24. The van der Waals surface area contributed by atoms with Gasteiger partial charge in [-0.2, -0.15) is 0 Å². The first kappa shape index (κ1) is 8.20. The van der Waals surface area contributed by atoms with E-state index in [1.165, 1.54) is 0 Å². The lowest BCUT2D eigenvalue weighted by molar-refractivity contribution is 0.429. The van der Waals surface area contributed by atoms with Gasteiger partial charge in [0, 0.05) is 13.5 Å². The zero-order chi connectivity index (χ0) is 8.10. The fraction of sp³-hybridized carbons (Fsp3) is 0.571. The number of oxazole rings is 1. The van der Waals surface area contributed by atoms with Crippen LogP contribution in [0.4, 0.5) is 4.39 Å². The summed E-state index contributed by atoms with van der Waals surface area (Å²) in [7, 11) is 0. The van der Waals surface area contributed by atoms with E-state index in [2.05, 4.69) is 10.3 Å². The first-order valence-corrected chi connectivity index (χ1v) is 3.51. The van der Waals surface area contributed by atoms with E-state index in [-0.39, 0.29) is 6.67 Å². The molecule has 62 valence electrons. The summed E-state index contributed by atoms with van der Waals surface area (Å²) in [5.74, 6) is 1.39. The highest BCUT2D eigenvalue weighted by Crippen LogP contribution is 2.00. The van der Waals surface area contributed by atoms with Gasteiger partial charge in [0.1, 0.15) is 12.4 Å². The van der Waals surface area contributed by atoms with Crippen molar-refractivity contribution in [3.63, 3.8) is 0 Å². The van der Waals surface area contributed by atoms with Crippen molar-refractivity contribution in [1.82, 2.24) is 10.3 Å². The van der Waals surface area contributed by atoms with Gasteiger partial charge < -0.3 is 9.73 Å². The second-order valence-corrected chi connectivity index (χ2v) is 2.21. The maximum Gasteiger partial charge on any atom is 0.191 e. The molecular formula is C7H11FN2O. The number of hydrogen-bond donors (Lipinski definition) is 1. The van der Waals surface area contributed by atoms with Crippen LogP contribution in [0.5, 0.6) is 0 Å². The number of nitrogens with zero attached hydrogens (tertiary/aromatic N) is 1. The highest BCUT2D eigenvalue weighted by molar-refractivity contribution is 4.91. The molecule has 0 fully saturated rings. The Morgan fingerprint density at radius 2 is 2.55 bits per heavy atom. The van der Waals surface area contributed by atoms with E-state index in [9.17, 15) is 4.39 Å². The second kappa shape index (κ2) is 4.08. The zero-order valence-corrected chi connectivity index (χ0v) is 6.43. The molecule has 4 heteroatoms. The molecule has 0 aliphatic carbocycles. The first-order valence-electron chi connectivity index (χ1n) is 3.51. The molecule has 3 nitrogen and oxygen atoms in total. The average Bonchev–Trinajstić information content (AvgIpc) is 2.37. The molecule has 1 N–H and O–H groups in total. The molecule has 1 aromatic heterocycles. The van der Waals surface area contributed by atoms with Crippen LogP contribution in [0.3, 0.4) is 0 Å². The SMILES string of the molecule is Cc1ncc(CNCCF)o1. The lowest BCUT2D eigenvalue weighted by atomic mass is 10.5. The van der Waals surface area contributed by atoms with Crippen LogP contribution < -0.4 is 5.32 Å². The molecule has 0 amide bonds. The summed E-state index contributed by atoms with van der Waals surface area (Å²) in [5, 5.41) is 2.86. The van der Waals surface area contributed by atoms with Crippen molar-refractivity contribution in [3.8, 4) is 0 Å². The summed E-state index contributed by atoms with van der Waals surface area (Å²) in [6.07, 6.45) is 1.64. The molecule has 0 saturated heterocycles. The number of hydrogen-bond acceptors (Lipinski definition) is 3. The molecule has 0 radical (unpaired) electrons. The monoisotopic (exact) mass is 158 g/mol. The molecule has 0 spiro atoms. The molecule has 0 saturated carbocycles. The summed E-state index contributed by atoms with van der Waals surface area (Å²) >= 11 is 0. The molecule has 0 bridgehead atoms. The predicted molar refractivity (Wildman–Crippen MR) is 38.9 cm³/mol. The molecule has 1 aromatic rings. The quantitative estimate of drug-likeness (QED) is 0.665. The number of aryl methyl sites for hydroxylation is 1. The molecule has 11 heavy (non-hydrogen) atoms. The van der Waals surface area contributed by atoms with E-state index in [0.717, 1.165) is 5.76 Å². The van der Waals surface area contributed by atoms with Gasteiger partial charge in [-0.1, -0.05) is 0 Å². The molecule has 1 heterocycles. The van der Waals surface area contributed by atoms with E-state index in [0.29, 0.717) is 19.0 Å². The minimum Gasteiger partial charge on any atom is -0.445 e. The smallest absolute Gasteiger partial charge is 0.191 e.